The maximum atomic E-state index is 13.7. The van der Waals surface area contributed by atoms with Gasteiger partial charge in [-0.05, 0) is 43.7 Å². The maximum Gasteiger partial charge on any atom is 0.319 e. The van der Waals surface area contributed by atoms with E-state index in [1.807, 2.05) is 0 Å². The predicted octanol–water partition coefficient (Wildman–Crippen LogP) is 3.61. The summed E-state index contributed by atoms with van der Waals surface area (Å²) in [5.41, 5.74) is 0.425. The lowest BCUT2D eigenvalue weighted by Gasteiger charge is -2.33. The smallest absolute Gasteiger partial charge is 0.319 e. The fourth-order valence-electron chi connectivity index (χ4n) is 3.91. The Bertz CT molecular complexity index is 582. The molecule has 0 aromatic heterocycles. The van der Waals surface area contributed by atoms with E-state index in [9.17, 15) is 9.18 Å². The minimum atomic E-state index is -0.486. The molecule has 2 N–H and O–H groups in total. The van der Waals surface area contributed by atoms with Crippen LogP contribution in [0.4, 0.5) is 14.9 Å². The van der Waals surface area contributed by atoms with Crippen molar-refractivity contribution in [2.45, 2.75) is 44.6 Å². The number of nitrogens with zero attached hydrogens (tertiary/aromatic N) is 1. The number of piperidine rings is 1. The van der Waals surface area contributed by atoms with E-state index in [1.165, 1.54) is 51.5 Å². The topological polar surface area (TPSA) is 53.6 Å². The van der Waals surface area contributed by atoms with Gasteiger partial charge >= 0.3 is 6.03 Å². The lowest BCUT2D eigenvalue weighted by atomic mass is 10.0. The van der Waals surface area contributed by atoms with E-state index in [2.05, 4.69) is 15.5 Å². The van der Waals surface area contributed by atoms with Gasteiger partial charge in [0.25, 0.3) is 0 Å². The molecule has 1 saturated heterocycles. The Kier molecular flexibility index (Phi) is 6.13. The van der Waals surface area contributed by atoms with E-state index >= 15 is 0 Å². The number of amides is 2. The Morgan fingerprint density at radius 3 is 2.60 bits per heavy atom. The summed E-state index contributed by atoms with van der Waals surface area (Å²) in [7, 11) is 1.41. The molecule has 5 nitrogen and oxygen atoms in total. The Hall–Kier alpha value is -1.82. The molecule has 1 aliphatic heterocycles. The lowest BCUT2D eigenvalue weighted by Crippen LogP contribution is -2.46. The number of nitrogens with one attached hydrogen (secondary N) is 2. The molecule has 1 saturated carbocycles. The number of carbonyl (C=O) groups is 1. The summed E-state index contributed by atoms with van der Waals surface area (Å²) in [6, 6.07) is 4.31. The van der Waals surface area contributed by atoms with Crippen molar-refractivity contribution in [1.29, 1.82) is 0 Å². The van der Waals surface area contributed by atoms with Crippen molar-refractivity contribution in [3.8, 4) is 5.75 Å². The minimum absolute atomic E-state index is 0.167. The van der Waals surface area contributed by atoms with E-state index in [0.29, 0.717) is 5.69 Å². The first-order chi connectivity index (χ1) is 12.1. The Labute approximate surface area is 148 Å². The summed E-state index contributed by atoms with van der Waals surface area (Å²) in [5.74, 6) is 0.555. The number of benzene rings is 1. The third kappa shape index (κ3) is 5.08. The second kappa shape index (κ2) is 8.52. The molecular weight excluding hydrogens is 321 g/mol. The maximum absolute atomic E-state index is 13.7. The Morgan fingerprint density at radius 1 is 1.24 bits per heavy atom. The van der Waals surface area contributed by atoms with Gasteiger partial charge in [-0.1, -0.05) is 12.8 Å². The van der Waals surface area contributed by atoms with E-state index in [4.69, 9.17) is 4.74 Å². The van der Waals surface area contributed by atoms with Gasteiger partial charge in [0.15, 0.2) is 11.6 Å². The van der Waals surface area contributed by atoms with Gasteiger partial charge in [-0.25, -0.2) is 9.18 Å². The number of hydrogen-bond donors (Lipinski definition) is 2. The van der Waals surface area contributed by atoms with Crippen LogP contribution in [-0.2, 0) is 0 Å². The van der Waals surface area contributed by atoms with Crippen LogP contribution in [0.2, 0.25) is 0 Å². The molecule has 2 fully saturated rings. The first-order valence-electron chi connectivity index (χ1n) is 9.27. The fraction of sp³-hybridized carbons (Fsp3) is 0.632. The Balaban J connectivity index is 1.40. The van der Waals surface area contributed by atoms with Crippen molar-refractivity contribution < 1.29 is 13.9 Å². The van der Waals surface area contributed by atoms with Gasteiger partial charge in [0.05, 0.1) is 7.11 Å². The Morgan fingerprint density at radius 2 is 1.96 bits per heavy atom. The zero-order valence-corrected chi connectivity index (χ0v) is 14.9. The van der Waals surface area contributed by atoms with Crippen LogP contribution in [0.25, 0.3) is 0 Å². The van der Waals surface area contributed by atoms with Crippen LogP contribution in [0.15, 0.2) is 18.2 Å². The SMILES string of the molecule is COc1ccc(NC(=O)NC2CCN(CC3CCCC3)CC2)cc1F. The molecular formula is C19H28FN3O2. The highest BCUT2D eigenvalue weighted by Crippen LogP contribution is 2.26. The molecule has 0 atom stereocenters. The molecule has 1 aromatic carbocycles. The van der Waals surface area contributed by atoms with Crippen LogP contribution in [-0.4, -0.2) is 43.7 Å². The van der Waals surface area contributed by atoms with Crippen molar-refractivity contribution >= 4 is 11.7 Å². The molecule has 2 amide bonds. The monoisotopic (exact) mass is 349 g/mol. The number of rotatable bonds is 5. The molecule has 1 heterocycles. The van der Waals surface area contributed by atoms with Crippen molar-refractivity contribution in [3.05, 3.63) is 24.0 Å². The molecule has 1 aliphatic carbocycles. The molecule has 0 spiro atoms. The molecule has 2 aliphatic rings. The second-order valence-corrected chi connectivity index (χ2v) is 7.17. The summed E-state index contributed by atoms with van der Waals surface area (Å²) in [6.07, 6.45) is 7.45. The van der Waals surface area contributed by atoms with Gasteiger partial charge in [0, 0.05) is 37.4 Å². The van der Waals surface area contributed by atoms with E-state index in [-0.39, 0.29) is 17.8 Å². The summed E-state index contributed by atoms with van der Waals surface area (Å²) < 4.78 is 18.5. The van der Waals surface area contributed by atoms with Gasteiger partial charge < -0.3 is 20.3 Å². The number of carbonyl (C=O) groups excluding carboxylic acids is 1. The number of halogens is 1. The van der Waals surface area contributed by atoms with Gasteiger partial charge in [-0.2, -0.15) is 0 Å². The lowest BCUT2D eigenvalue weighted by molar-refractivity contribution is 0.173. The van der Waals surface area contributed by atoms with Crippen LogP contribution in [0.1, 0.15) is 38.5 Å². The van der Waals surface area contributed by atoms with Gasteiger partial charge in [0.2, 0.25) is 0 Å². The highest BCUT2D eigenvalue weighted by molar-refractivity contribution is 5.89. The highest BCUT2D eigenvalue weighted by atomic mass is 19.1. The number of anilines is 1. The second-order valence-electron chi connectivity index (χ2n) is 7.17. The van der Waals surface area contributed by atoms with Crippen LogP contribution < -0.4 is 15.4 Å². The molecule has 6 heteroatoms. The van der Waals surface area contributed by atoms with Gasteiger partial charge in [0.1, 0.15) is 0 Å². The summed E-state index contributed by atoms with van der Waals surface area (Å²) in [4.78, 5) is 14.6. The third-order valence-electron chi connectivity index (χ3n) is 5.32. The summed E-state index contributed by atoms with van der Waals surface area (Å²) >= 11 is 0. The van der Waals surface area contributed by atoms with E-state index < -0.39 is 5.82 Å². The molecule has 3 rings (SSSR count). The highest BCUT2D eigenvalue weighted by Gasteiger charge is 2.24. The average Bonchev–Trinajstić information content (AvgIpc) is 3.10. The third-order valence-corrected chi connectivity index (χ3v) is 5.32. The predicted molar refractivity (Wildman–Crippen MR) is 96.5 cm³/mol. The molecule has 0 bridgehead atoms. The standard InChI is InChI=1S/C19H28FN3O2/c1-25-18-7-6-16(12-17(18)20)22-19(24)21-15-8-10-23(11-9-15)13-14-4-2-3-5-14/h6-7,12,14-15H,2-5,8-11,13H2,1H3,(H2,21,22,24). The molecule has 0 radical (unpaired) electrons. The molecule has 25 heavy (non-hydrogen) atoms. The number of likely N-dealkylation sites (tertiary alicyclic amines) is 1. The van der Waals surface area contributed by atoms with E-state index in [1.54, 1.807) is 6.07 Å². The minimum Gasteiger partial charge on any atom is -0.494 e. The van der Waals surface area contributed by atoms with Crippen molar-refractivity contribution in [2.24, 2.45) is 5.92 Å². The zero-order chi connectivity index (χ0) is 17.6. The molecule has 1 aromatic rings. The zero-order valence-electron chi connectivity index (χ0n) is 14.9. The van der Waals surface area contributed by atoms with E-state index in [0.717, 1.165) is 31.8 Å². The summed E-state index contributed by atoms with van der Waals surface area (Å²) in [6.45, 7) is 3.29. The van der Waals surface area contributed by atoms with Crippen molar-refractivity contribution in [2.75, 3.05) is 32.1 Å². The van der Waals surface area contributed by atoms with Crippen LogP contribution in [0.5, 0.6) is 5.75 Å². The summed E-state index contributed by atoms with van der Waals surface area (Å²) in [5, 5.41) is 5.69. The normalized spacial score (nSPS) is 19.8. The van der Waals surface area contributed by atoms with Crippen molar-refractivity contribution in [3.63, 3.8) is 0 Å². The number of methoxy groups -OCH3 is 1. The van der Waals surface area contributed by atoms with Gasteiger partial charge in [-0.3, -0.25) is 0 Å². The van der Waals surface area contributed by atoms with Crippen LogP contribution in [0, 0.1) is 11.7 Å². The molecule has 138 valence electrons. The average molecular weight is 349 g/mol. The van der Waals surface area contributed by atoms with Crippen LogP contribution >= 0.6 is 0 Å². The number of urea groups is 1. The molecule has 0 unspecified atom stereocenters. The first-order valence-corrected chi connectivity index (χ1v) is 9.27. The van der Waals surface area contributed by atoms with Crippen LogP contribution in [0.3, 0.4) is 0 Å². The fourth-order valence-corrected chi connectivity index (χ4v) is 3.91. The number of hydrogen-bond acceptors (Lipinski definition) is 3. The van der Waals surface area contributed by atoms with Crippen molar-refractivity contribution in [1.82, 2.24) is 10.2 Å². The quantitative estimate of drug-likeness (QED) is 0.854. The first kappa shape index (κ1) is 18.0. The largest absolute Gasteiger partial charge is 0.494 e. The number of ether oxygens (including phenoxy) is 1. The van der Waals surface area contributed by atoms with Gasteiger partial charge in [-0.15, -0.1) is 0 Å².